The van der Waals surface area contributed by atoms with Gasteiger partial charge < -0.3 is 9.31 Å². The molecule has 0 aromatic heterocycles. The molecule has 1 heterocycles. The molecule has 0 saturated carbocycles. The van der Waals surface area contributed by atoms with E-state index in [-0.39, 0.29) is 23.0 Å². The monoisotopic (exact) mass is 289 g/mol. The molecule has 0 spiro atoms. The summed E-state index contributed by atoms with van der Waals surface area (Å²) in [4.78, 5) is 0. The average Bonchev–Trinajstić information content (AvgIpc) is 2.47. The van der Waals surface area contributed by atoms with Gasteiger partial charge in [0.1, 0.15) is 8.67 Å². The number of hydrogen-bond donors (Lipinski definition) is 0. The van der Waals surface area contributed by atoms with Crippen molar-refractivity contribution in [2.75, 3.05) is 0 Å². The van der Waals surface area contributed by atoms with E-state index in [4.69, 9.17) is 9.31 Å². The van der Waals surface area contributed by atoms with Gasteiger partial charge in [-0.1, -0.05) is 56.3 Å². The zero-order valence-electron chi connectivity index (χ0n) is 13.8. The molecule has 1 aromatic rings. The number of benzene rings is 1. The maximum Gasteiger partial charge on any atom is 0.437 e. The van der Waals surface area contributed by atoms with Crippen LogP contribution in [0.1, 0.15) is 48.5 Å². The van der Waals surface area contributed by atoms with E-state index in [1.54, 1.807) is 0 Å². The second-order valence-corrected chi connectivity index (χ2v) is 11.0. The third kappa shape index (κ3) is 2.88. The van der Waals surface area contributed by atoms with E-state index >= 15 is 0 Å². The quantitative estimate of drug-likeness (QED) is 0.777. The molecule has 2 nitrogen and oxygen atoms in total. The van der Waals surface area contributed by atoms with Crippen molar-refractivity contribution in [3.63, 3.8) is 0 Å². The lowest BCUT2D eigenvalue weighted by Gasteiger charge is -2.32. The van der Waals surface area contributed by atoms with Crippen molar-refractivity contribution < 1.29 is 9.31 Å². The molecule has 1 aliphatic rings. The van der Waals surface area contributed by atoms with Gasteiger partial charge in [-0.2, -0.15) is 0 Å². The standard InChI is InChI=1S/C16H26BO2Si/c1-14(2,3)20(13-11-9-8-10-12-13)17-18-15(4,5)16(6,7)19-17/h8-12H,1-7H3. The van der Waals surface area contributed by atoms with Crippen molar-refractivity contribution in [2.45, 2.75) is 64.7 Å². The van der Waals surface area contributed by atoms with E-state index in [1.807, 2.05) is 0 Å². The van der Waals surface area contributed by atoms with Crippen LogP contribution in [0.2, 0.25) is 5.04 Å². The molecule has 20 heavy (non-hydrogen) atoms. The molecule has 1 aromatic carbocycles. The molecule has 1 fully saturated rings. The summed E-state index contributed by atoms with van der Waals surface area (Å²) in [7, 11) is -1.00. The zero-order chi connectivity index (χ0) is 15.2. The van der Waals surface area contributed by atoms with Gasteiger partial charge in [0.05, 0.1) is 11.2 Å². The molecule has 109 valence electrons. The van der Waals surface area contributed by atoms with Crippen molar-refractivity contribution in [1.82, 2.24) is 0 Å². The van der Waals surface area contributed by atoms with Crippen LogP contribution in [0.15, 0.2) is 30.3 Å². The molecule has 0 amide bonds. The predicted octanol–water partition coefficient (Wildman–Crippen LogP) is 3.36. The lowest BCUT2D eigenvalue weighted by Crippen LogP contribution is -2.53. The molecule has 0 unspecified atom stereocenters. The van der Waals surface area contributed by atoms with Crippen molar-refractivity contribution in [1.29, 1.82) is 0 Å². The van der Waals surface area contributed by atoms with Gasteiger partial charge in [-0.3, -0.25) is 0 Å². The van der Waals surface area contributed by atoms with Crippen LogP contribution in [0.25, 0.3) is 0 Å². The van der Waals surface area contributed by atoms with E-state index in [1.165, 1.54) is 5.19 Å². The highest BCUT2D eigenvalue weighted by molar-refractivity contribution is 7.24. The second kappa shape index (κ2) is 5.01. The lowest BCUT2D eigenvalue weighted by atomic mass is 9.90. The van der Waals surface area contributed by atoms with Gasteiger partial charge in [0.25, 0.3) is 0 Å². The van der Waals surface area contributed by atoms with E-state index in [9.17, 15) is 0 Å². The van der Waals surface area contributed by atoms with Crippen LogP contribution in [-0.4, -0.2) is 26.6 Å². The summed E-state index contributed by atoms with van der Waals surface area (Å²) in [6.45, 7) is 15.3. The zero-order valence-corrected chi connectivity index (χ0v) is 14.8. The summed E-state index contributed by atoms with van der Waals surface area (Å²) < 4.78 is 12.7. The van der Waals surface area contributed by atoms with Crippen molar-refractivity contribution in [2.24, 2.45) is 0 Å². The summed E-state index contributed by atoms with van der Waals surface area (Å²) in [6.07, 6.45) is 0. The maximum absolute atomic E-state index is 6.33. The largest absolute Gasteiger partial charge is 0.437 e. The normalized spacial score (nSPS) is 21.5. The van der Waals surface area contributed by atoms with Crippen LogP contribution >= 0.6 is 0 Å². The SMILES string of the molecule is CC(C)(C)[Si](B1OC(C)(C)C(C)(C)O1)c1ccccc1. The molecule has 2 rings (SSSR count). The Bertz CT molecular complexity index is 449. The fourth-order valence-electron chi connectivity index (χ4n) is 2.50. The molecule has 0 N–H and O–H groups in total. The molecule has 1 aliphatic heterocycles. The van der Waals surface area contributed by atoms with Crippen LogP contribution in [0.4, 0.5) is 0 Å². The van der Waals surface area contributed by atoms with Crippen LogP contribution in [0.5, 0.6) is 0 Å². The van der Waals surface area contributed by atoms with Gasteiger partial charge in [0.15, 0.2) is 0 Å². The molecule has 4 heteroatoms. The number of hydrogen-bond acceptors (Lipinski definition) is 2. The summed E-state index contributed by atoms with van der Waals surface area (Å²) in [5.74, 6) is 0. The smallest absolute Gasteiger partial charge is 0.406 e. The molecule has 1 saturated heterocycles. The molecule has 0 atom stereocenters. The Kier molecular flexibility index (Phi) is 3.96. The van der Waals surface area contributed by atoms with Gasteiger partial charge >= 0.3 is 6.71 Å². The Balaban J connectivity index is 2.36. The molecule has 1 radical (unpaired) electrons. The van der Waals surface area contributed by atoms with E-state index in [2.05, 4.69) is 78.8 Å². The summed E-state index contributed by atoms with van der Waals surface area (Å²) in [5.41, 5.74) is -0.513. The Morgan fingerprint density at radius 1 is 0.900 bits per heavy atom. The predicted molar refractivity (Wildman–Crippen MR) is 87.6 cm³/mol. The maximum atomic E-state index is 6.33. The molecule has 0 bridgehead atoms. The highest BCUT2D eigenvalue weighted by Gasteiger charge is 2.56. The van der Waals surface area contributed by atoms with Crippen molar-refractivity contribution in [3.05, 3.63) is 30.3 Å². The Morgan fingerprint density at radius 2 is 1.35 bits per heavy atom. The first-order chi connectivity index (χ1) is 9.05. The van der Waals surface area contributed by atoms with Gasteiger partial charge in [-0.05, 0) is 32.7 Å². The first kappa shape index (κ1) is 15.8. The van der Waals surface area contributed by atoms with Gasteiger partial charge in [0, 0.05) is 0 Å². The van der Waals surface area contributed by atoms with Crippen molar-refractivity contribution >= 4 is 20.6 Å². The first-order valence-corrected chi connectivity index (χ1v) is 8.91. The first-order valence-electron chi connectivity index (χ1n) is 7.33. The minimum Gasteiger partial charge on any atom is -0.406 e. The second-order valence-electron chi connectivity index (χ2n) is 7.62. The highest BCUT2D eigenvalue weighted by atomic mass is 28.3. The van der Waals surface area contributed by atoms with E-state index < -0.39 is 8.67 Å². The third-order valence-corrected chi connectivity index (χ3v) is 7.66. The summed E-state index contributed by atoms with van der Waals surface area (Å²) >= 11 is 0. The minimum atomic E-state index is -1.00. The van der Waals surface area contributed by atoms with Crippen LogP contribution < -0.4 is 5.19 Å². The lowest BCUT2D eigenvalue weighted by molar-refractivity contribution is 0.00578. The Labute approximate surface area is 125 Å². The molecular weight excluding hydrogens is 263 g/mol. The molecular formula is C16H26BO2Si. The van der Waals surface area contributed by atoms with E-state index in [0.29, 0.717) is 0 Å². The van der Waals surface area contributed by atoms with Gasteiger partial charge in [0.2, 0.25) is 0 Å². The minimum absolute atomic E-state index is 0.104. The third-order valence-electron chi connectivity index (χ3n) is 4.38. The average molecular weight is 289 g/mol. The number of rotatable bonds is 2. The van der Waals surface area contributed by atoms with Crippen LogP contribution in [0, 0.1) is 0 Å². The highest BCUT2D eigenvalue weighted by Crippen LogP contribution is 2.40. The molecule has 0 aliphatic carbocycles. The Hall–Kier alpha value is -0.578. The fourth-order valence-corrected chi connectivity index (χ4v) is 5.72. The fraction of sp³-hybridized carbons (Fsp3) is 0.625. The summed E-state index contributed by atoms with van der Waals surface area (Å²) in [6, 6.07) is 10.7. The van der Waals surface area contributed by atoms with Gasteiger partial charge in [-0.25, -0.2) is 0 Å². The van der Waals surface area contributed by atoms with Crippen molar-refractivity contribution in [3.8, 4) is 0 Å². The topological polar surface area (TPSA) is 18.5 Å². The van der Waals surface area contributed by atoms with Crippen LogP contribution in [0.3, 0.4) is 0 Å². The van der Waals surface area contributed by atoms with Gasteiger partial charge in [-0.15, -0.1) is 0 Å². The summed E-state index contributed by atoms with van der Waals surface area (Å²) in [5, 5.41) is 1.55. The Morgan fingerprint density at radius 3 is 1.75 bits per heavy atom. The van der Waals surface area contributed by atoms with E-state index in [0.717, 1.165) is 0 Å². The van der Waals surface area contributed by atoms with Crippen LogP contribution in [-0.2, 0) is 9.31 Å².